The molecule has 204 valence electrons. The first-order chi connectivity index (χ1) is 18.9. The summed E-state index contributed by atoms with van der Waals surface area (Å²) in [7, 11) is 0. The van der Waals surface area contributed by atoms with Gasteiger partial charge in [0.05, 0.1) is 12.9 Å². The SMILES string of the molecule is CSCC[C@H](NC(=O)c1ccc(COCc2occc2-c2ccc(Cl)cc2)cc1-c1ccccc1C)C(=O)O.[H-].[Li+]. The molecule has 0 aliphatic carbocycles. The van der Waals surface area contributed by atoms with Crippen LogP contribution < -0.4 is 24.2 Å². The molecule has 0 radical (unpaired) electrons. The number of amides is 1. The van der Waals surface area contributed by atoms with Crippen molar-refractivity contribution in [3.63, 3.8) is 0 Å². The van der Waals surface area contributed by atoms with Gasteiger partial charge in [0.25, 0.3) is 5.91 Å². The van der Waals surface area contributed by atoms with Gasteiger partial charge < -0.3 is 21.0 Å². The quantitative estimate of drug-likeness (QED) is 0.246. The molecule has 0 spiro atoms. The Morgan fingerprint density at radius 1 is 1.02 bits per heavy atom. The molecular weight excluding hydrogens is 541 g/mol. The van der Waals surface area contributed by atoms with E-state index in [1.165, 1.54) is 0 Å². The second-order valence-corrected chi connectivity index (χ2v) is 10.5. The van der Waals surface area contributed by atoms with Crippen LogP contribution >= 0.6 is 23.4 Å². The minimum atomic E-state index is -1.05. The van der Waals surface area contributed by atoms with Crippen molar-refractivity contribution in [1.29, 1.82) is 0 Å². The maximum absolute atomic E-state index is 13.3. The number of benzene rings is 3. The van der Waals surface area contributed by atoms with Crippen LogP contribution in [-0.2, 0) is 22.7 Å². The average molecular weight is 572 g/mol. The second kappa shape index (κ2) is 15.2. The van der Waals surface area contributed by atoms with Gasteiger partial charge in [-0.2, -0.15) is 11.8 Å². The van der Waals surface area contributed by atoms with Crippen LogP contribution in [0.5, 0.6) is 0 Å². The fourth-order valence-electron chi connectivity index (χ4n) is 4.31. The van der Waals surface area contributed by atoms with E-state index < -0.39 is 17.9 Å². The number of carbonyl (C=O) groups excluding carboxylic acids is 1. The molecule has 4 aromatic rings. The third-order valence-electron chi connectivity index (χ3n) is 6.38. The minimum Gasteiger partial charge on any atom is -1.00 e. The normalized spacial score (nSPS) is 11.5. The van der Waals surface area contributed by atoms with Crippen molar-refractivity contribution in [3.05, 3.63) is 107 Å². The molecule has 40 heavy (non-hydrogen) atoms. The zero-order valence-electron chi connectivity index (χ0n) is 23.8. The van der Waals surface area contributed by atoms with Gasteiger partial charge in [-0.05, 0) is 83.5 Å². The Morgan fingerprint density at radius 2 is 1.77 bits per heavy atom. The number of carbonyl (C=O) groups is 2. The van der Waals surface area contributed by atoms with Crippen molar-refractivity contribution in [2.45, 2.75) is 32.6 Å². The first-order valence-corrected chi connectivity index (χ1v) is 14.3. The molecule has 4 rings (SSSR count). The maximum Gasteiger partial charge on any atom is 1.00 e. The van der Waals surface area contributed by atoms with Gasteiger partial charge >= 0.3 is 24.8 Å². The molecule has 1 aromatic heterocycles. The predicted octanol–water partition coefficient (Wildman–Crippen LogP) is 4.34. The zero-order valence-corrected chi connectivity index (χ0v) is 24.4. The molecule has 1 atom stereocenters. The first-order valence-electron chi connectivity index (χ1n) is 12.5. The van der Waals surface area contributed by atoms with E-state index >= 15 is 0 Å². The van der Waals surface area contributed by atoms with Gasteiger partial charge in [0, 0.05) is 16.1 Å². The van der Waals surface area contributed by atoms with E-state index in [0.29, 0.717) is 35.1 Å². The molecule has 3 aromatic carbocycles. The number of aliphatic carboxylic acids is 1. The van der Waals surface area contributed by atoms with Gasteiger partial charge in [-0.15, -0.1) is 0 Å². The van der Waals surface area contributed by atoms with Crippen LogP contribution in [0.1, 0.15) is 35.1 Å². The van der Waals surface area contributed by atoms with E-state index in [-0.39, 0.29) is 26.9 Å². The first kappa shape index (κ1) is 31.6. The topological polar surface area (TPSA) is 88.8 Å². The molecule has 6 nitrogen and oxygen atoms in total. The summed E-state index contributed by atoms with van der Waals surface area (Å²) in [5.41, 5.74) is 5.85. The number of nitrogens with one attached hydrogen (secondary N) is 1. The van der Waals surface area contributed by atoms with E-state index in [9.17, 15) is 14.7 Å². The molecule has 0 saturated heterocycles. The Hall–Kier alpha value is -2.92. The Bertz CT molecular complexity index is 1450. The molecule has 2 N–H and O–H groups in total. The van der Waals surface area contributed by atoms with Crippen LogP contribution in [0.15, 0.2) is 83.5 Å². The van der Waals surface area contributed by atoms with Gasteiger partial charge in [0.2, 0.25) is 0 Å². The summed E-state index contributed by atoms with van der Waals surface area (Å²) in [4.78, 5) is 25.0. The maximum atomic E-state index is 13.3. The van der Waals surface area contributed by atoms with Gasteiger partial charge in [0.1, 0.15) is 18.4 Å². The summed E-state index contributed by atoms with van der Waals surface area (Å²) < 4.78 is 11.7. The molecule has 0 fully saturated rings. The summed E-state index contributed by atoms with van der Waals surface area (Å²) in [6, 6.07) is 21.8. The minimum absolute atomic E-state index is 0. The fourth-order valence-corrected chi connectivity index (χ4v) is 4.90. The molecule has 0 bridgehead atoms. The van der Waals surface area contributed by atoms with Crippen LogP contribution in [0.25, 0.3) is 22.3 Å². The number of carboxylic acids is 1. The molecule has 1 heterocycles. The smallest absolute Gasteiger partial charge is 1.00 e. The van der Waals surface area contributed by atoms with E-state index in [2.05, 4.69) is 5.32 Å². The van der Waals surface area contributed by atoms with Crippen LogP contribution in [0.3, 0.4) is 0 Å². The van der Waals surface area contributed by atoms with E-state index in [0.717, 1.165) is 33.4 Å². The summed E-state index contributed by atoms with van der Waals surface area (Å²) in [5, 5.41) is 13.0. The molecule has 0 saturated carbocycles. The van der Waals surface area contributed by atoms with Crippen LogP contribution in [0, 0.1) is 6.92 Å². The van der Waals surface area contributed by atoms with Crippen molar-refractivity contribution in [3.8, 4) is 22.3 Å². The largest absolute Gasteiger partial charge is 1.00 e. The summed E-state index contributed by atoms with van der Waals surface area (Å²) in [6.45, 7) is 2.55. The number of aryl methyl sites for hydroxylation is 1. The van der Waals surface area contributed by atoms with E-state index in [1.807, 2.05) is 79.9 Å². The van der Waals surface area contributed by atoms with E-state index in [4.69, 9.17) is 20.8 Å². The van der Waals surface area contributed by atoms with Crippen molar-refractivity contribution >= 4 is 35.2 Å². The number of hydrogen-bond acceptors (Lipinski definition) is 5. The standard InChI is InChI=1S/C31H30ClNO5S.Li.H/c1-20-5-3-4-6-24(20)27-17-21(7-12-26(27)30(34)33-28(31(35)36)14-16-39-2)18-37-19-29-25(13-15-38-29)22-8-10-23(32)11-9-22;;/h3-13,15,17,28H,14,16,18-19H2,1-2H3,(H,33,34)(H,35,36);;/q;+1;-1/t28-;;/m0../s1. The Morgan fingerprint density at radius 3 is 2.48 bits per heavy atom. The average Bonchev–Trinajstić information content (AvgIpc) is 3.40. The third-order valence-corrected chi connectivity index (χ3v) is 7.28. The molecule has 1 amide bonds. The fraction of sp³-hybridized carbons (Fsp3) is 0.226. The Labute approximate surface area is 257 Å². The van der Waals surface area contributed by atoms with Crippen molar-refractivity contribution in [1.82, 2.24) is 5.32 Å². The van der Waals surface area contributed by atoms with Gasteiger partial charge in [0.15, 0.2) is 0 Å². The van der Waals surface area contributed by atoms with Crippen molar-refractivity contribution < 1.29 is 44.1 Å². The Balaban J connectivity index is 0.00000294. The summed E-state index contributed by atoms with van der Waals surface area (Å²) in [5.74, 6) is -0.126. The summed E-state index contributed by atoms with van der Waals surface area (Å²) >= 11 is 7.56. The van der Waals surface area contributed by atoms with Crippen LogP contribution in [0.4, 0.5) is 0 Å². The van der Waals surface area contributed by atoms with Crippen LogP contribution in [-0.4, -0.2) is 35.0 Å². The van der Waals surface area contributed by atoms with Gasteiger partial charge in [-0.25, -0.2) is 4.79 Å². The molecule has 0 unspecified atom stereocenters. The third kappa shape index (κ3) is 8.06. The van der Waals surface area contributed by atoms with Crippen LogP contribution in [0.2, 0.25) is 5.02 Å². The number of hydrogen-bond donors (Lipinski definition) is 2. The van der Waals surface area contributed by atoms with Gasteiger partial charge in [-0.3, -0.25) is 4.79 Å². The molecule has 0 aliphatic heterocycles. The number of rotatable bonds is 12. The zero-order chi connectivity index (χ0) is 27.8. The molecule has 0 aliphatic rings. The van der Waals surface area contributed by atoms with Gasteiger partial charge in [-0.1, -0.05) is 54.1 Å². The predicted molar refractivity (Wildman–Crippen MR) is 157 cm³/mol. The molecule has 9 heteroatoms. The second-order valence-electron chi connectivity index (χ2n) is 9.10. The number of halogens is 1. The summed E-state index contributed by atoms with van der Waals surface area (Å²) in [6.07, 6.45) is 3.89. The van der Waals surface area contributed by atoms with Crippen molar-refractivity contribution in [2.75, 3.05) is 12.0 Å². The Kier molecular flexibility index (Phi) is 12.0. The molecular formula is C31H31ClLiNO5S. The monoisotopic (exact) mass is 571 g/mol. The number of ether oxygens (including phenoxy) is 1. The van der Waals surface area contributed by atoms with E-state index in [1.54, 1.807) is 24.1 Å². The number of furan rings is 1. The van der Waals surface area contributed by atoms with Crippen molar-refractivity contribution in [2.24, 2.45) is 0 Å². The number of carboxylic acid groups (broad SMARTS) is 1. The number of thioether (sulfide) groups is 1.